The number of amides is 1. The summed E-state index contributed by atoms with van der Waals surface area (Å²) in [6.07, 6.45) is 2.39. The van der Waals surface area contributed by atoms with Crippen LogP contribution in [-0.4, -0.2) is 25.9 Å². The first kappa shape index (κ1) is 20.2. The van der Waals surface area contributed by atoms with Crippen molar-refractivity contribution in [3.8, 4) is 10.7 Å². The van der Waals surface area contributed by atoms with Gasteiger partial charge in [-0.3, -0.25) is 14.7 Å². The van der Waals surface area contributed by atoms with Crippen LogP contribution < -0.4 is 5.48 Å². The molecule has 3 aromatic rings. The molecule has 28 heavy (non-hydrogen) atoms. The molecule has 0 spiro atoms. The zero-order valence-electron chi connectivity index (χ0n) is 16.3. The Hall–Kier alpha value is -2.58. The lowest BCUT2D eigenvalue weighted by Gasteiger charge is -2.28. The summed E-state index contributed by atoms with van der Waals surface area (Å²) < 4.78 is 15.9. The minimum absolute atomic E-state index is 0.313. The van der Waals surface area contributed by atoms with Crippen LogP contribution in [0.15, 0.2) is 30.5 Å². The summed E-state index contributed by atoms with van der Waals surface area (Å²) in [6.45, 7) is 5.65. The lowest BCUT2D eigenvalue weighted by atomic mass is 9.75. The number of carbonyl (C=O) groups excluding carboxylic acids is 1. The smallest absolute Gasteiger partial charge is 0.254 e. The topological polar surface area (TPSA) is 80.0 Å². The van der Waals surface area contributed by atoms with E-state index in [1.807, 2.05) is 27.0 Å². The summed E-state index contributed by atoms with van der Waals surface area (Å²) in [5.74, 6) is -0.912. The fourth-order valence-electron chi connectivity index (χ4n) is 3.68. The first-order valence-electron chi connectivity index (χ1n) is 9.13. The van der Waals surface area contributed by atoms with Crippen molar-refractivity contribution in [2.75, 3.05) is 0 Å². The molecule has 0 bridgehead atoms. The quantitative estimate of drug-likeness (QED) is 0.519. The van der Waals surface area contributed by atoms with Crippen molar-refractivity contribution in [3.63, 3.8) is 0 Å². The highest BCUT2D eigenvalue weighted by Crippen LogP contribution is 2.45. The first-order chi connectivity index (χ1) is 13.5. The zero-order valence-corrected chi connectivity index (χ0v) is 17.1. The van der Waals surface area contributed by atoms with Crippen LogP contribution >= 0.6 is 11.3 Å². The van der Waals surface area contributed by atoms with E-state index in [9.17, 15) is 14.4 Å². The number of hydrogen-bond donors (Lipinski definition) is 2. The molecule has 6 nitrogen and oxygen atoms in total. The van der Waals surface area contributed by atoms with E-state index in [1.54, 1.807) is 35.4 Å². The Balaban J connectivity index is 0.00000109. The van der Waals surface area contributed by atoms with Crippen molar-refractivity contribution >= 4 is 17.2 Å². The average molecular weight is 402 g/mol. The van der Waals surface area contributed by atoms with E-state index >= 15 is 0 Å². The molecule has 2 N–H and O–H groups in total. The number of nitrogens with one attached hydrogen (secondary N) is 1. The Kier molecular flexibility index (Phi) is 5.62. The molecule has 148 valence electrons. The number of hydrogen-bond acceptors (Lipinski definition) is 5. The van der Waals surface area contributed by atoms with Gasteiger partial charge in [-0.1, -0.05) is 26.0 Å². The average Bonchev–Trinajstić information content (AvgIpc) is 3.38. The summed E-state index contributed by atoms with van der Waals surface area (Å²) >= 11 is 1.50. The molecule has 1 amide bonds. The fraction of sp³-hybridized carbons (Fsp3) is 0.350. The molecule has 0 saturated heterocycles. The molecule has 1 aromatic carbocycles. The Bertz CT molecular complexity index is 988. The number of nitrogens with zero attached hydrogens (tertiary/aromatic N) is 3. The molecule has 0 saturated carbocycles. The fourth-order valence-corrected chi connectivity index (χ4v) is 4.93. The standard InChI is InChI=1S/C18H17FN4O2S.C2H6/c1-10-11(4-3-5-12(10)19)18(17(24)22-25)8-13-15(9-18)26-16(21-13)14-6-7-20-23(14)2;1-2/h3-7,25H,8-9H2,1-2H3,(H,22,24);1-2H3/t18-;/m0./s1. The second kappa shape index (κ2) is 7.81. The van der Waals surface area contributed by atoms with Gasteiger partial charge in [0, 0.05) is 31.0 Å². The van der Waals surface area contributed by atoms with Crippen LogP contribution in [0.5, 0.6) is 0 Å². The van der Waals surface area contributed by atoms with Gasteiger partial charge in [0.2, 0.25) is 0 Å². The van der Waals surface area contributed by atoms with Crippen LogP contribution in [0.2, 0.25) is 0 Å². The van der Waals surface area contributed by atoms with Gasteiger partial charge in [-0.25, -0.2) is 14.9 Å². The molecule has 0 fully saturated rings. The monoisotopic (exact) mass is 402 g/mol. The number of fused-ring (bicyclic) bond motifs is 1. The number of aryl methyl sites for hydroxylation is 1. The molecular formula is C20H23FN4O2S. The molecule has 2 aromatic heterocycles. The number of hydroxylamine groups is 1. The van der Waals surface area contributed by atoms with Gasteiger partial charge in [-0.15, -0.1) is 11.3 Å². The third-order valence-electron chi connectivity index (χ3n) is 5.07. The number of aromatic nitrogens is 3. The van der Waals surface area contributed by atoms with Gasteiger partial charge in [0.05, 0.1) is 16.8 Å². The third-order valence-corrected chi connectivity index (χ3v) is 6.19. The van der Waals surface area contributed by atoms with Gasteiger partial charge in [0.15, 0.2) is 0 Å². The van der Waals surface area contributed by atoms with E-state index in [0.29, 0.717) is 24.0 Å². The van der Waals surface area contributed by atoms with Gasteiger partial charge >= 0.3 is 0 Å². The summed E-state index contributed by atoms with van der Waals surface area (Å²) in [5, 5.41) is 14.3. The van der Waals surface area contributed by atoms with Gasteiger partial charge in [0.1, 0.15) is 10.8 Å². The Morgan fingerprint density at radius 2 is 2.07 bits per heavy atom. The van der Waals surface area contributed by atoms with Crippen molar-refractivity contribution in [3.05, 3.63) is 58.0 Å². The molecule has 2 heterocycles. The lowest BCUT2D eigenvalue weighted by Crippen LogP contribution is -2.44. The molecule has 0 unspecified atom stereocenters. The van der Waals surface area contributed by atoms with Gasteiger partial charge < -0.3 is 0 Å². The van der Waals surface area contributed by atoms with Gasteiger partial charge in [-0.2, -0.15) is 5.10 Å². The van der Waals surface area contributed by atoms with Crippen LogP contribution in [0.3, 0.4) is 0 Å². The van der Waals surface area contributed by atoms with E-state index in [2.05, 4.69) is 10.1 Å². The number of carbonyl (C=O) groups is 1. The predicted molar refractivity (Wildman–Crippen MR) is 106 cm³/mol. The maximum atomic E-state index is 14.1. The molecule has 8 heteroatoms. The SMILES string of the molecule is CC.Cc1c(F)cccc1[C@]1(C(=O)NO)Cc2nc(-c3ccnn3C)sc2C1. The summed E-state index contributed by atoms with van der Waals surface area (Å²) in [7, 11) is 1.85. The number of benzene rings is 1. The maximum absolute atomic E-state index is 14.1. The van der Waals surface area contributed by atoms with Crippen molar-refractivity contribution < 1.29 is 14.4 Å². The molecule has 4 rings (SSSR count). The molecule has 1 atom stereocenters. The van der Waals surface area contributed by atoms with Crippen LogP contribution in [0.25, 0.3) is 10.7 Å². The summed E-state index contributed by atoms with van der Waals surface area (Å²) in [6, 6.07) is 6.59. The predicted octanol–water partition coefficient (Wildman–Crippen LogP) is 3.56. The number of rotatable bonds is 3. The summed E-state index contributed by atoms with van der Waals surface area (Å²) in [5.41, 5.74) is 3.42. The highest BCUT2D eigenvalue weighted by Gasteiger charge is 2.48. The Labute approximate surface area is 167 Å². The highest BCUT2D eigenvalue weighted by molar-refractivity contribution is 7.15. The largest absolute Gasteiger partial charge is 0.289 e. The number of halogens is 1. The number of thiazole rings is 1. The molecule has 0 radical (unpaired) electrons. The van der Waals surface area contributed by atoms with E-state index in [4.69, 9.17) is 0 Å². The maximum Gasteiger partial charge on any atom is 0.254 e. The molecular weight excluding hydrogens is 379 g/mol. The summed E-state index contributed by atoms with van der Waals surface area (Å²) in [4.78, 5) is 18.3. The Morgan fingerprint density at radius 3 is 2.68 bits per heavy atom. The molecule has 0 aliphatic heterocycles. The minimum Gasteiger partial charge on any atom is -0.289 e. The molecule has 1 aliphatic rings. The highest BCUT2D eigenvalue weighted by atomic mass is 32.1. The van der Waals surface area contributed by atoms with Crippen molar-refractivity contribution in [2.24, 2.45) is 7.05 Å². The lowest BCUT2D eigenvalue weighted by molar-refractivity contribution is -0.135. The third kappa shape index (κ3) is 3.12. The normalized spacial score (nSPS) is 17.6. The first-order valence-corrected chi connectivity index (χ1v) is 9.95. The van der Waals surface area contributed by atoms with Crippen LogP contribution in [-0.2, 0) is 30.1 Å². The zero-order chi connectivity index (χ0) is 20.5. The second-order valence-corrected chi connectivity index (χ2v) is 7.60. The van der Waals surface area contributed by atoms with E-state index in [1.165, 1.54) is 17.4 Å². The van der Waals surface area contributed by atoms with E-state index in [0.717, 1.165) is 21.3 Å². The van der Waals surface area contributed by atoms with Gasteiger partial charge in [0.25, 0.3) is 5.91 Å². The van der Waals surface area contributed by atoms with Crippen LogP contribution in [0, 0.1) is 12.7 Å². The van der Waals surface area contributed by atoms with Gasteiger partial charge in [-0.05, 0) is 30.2 Å². The second-order valence-electron chi connectivity index (χ2n) is 6.52. The van der Waals surface area contributed by atoms with Crippen molar-refractivity contribution in [1.29, 1.82) is 0 Å². The Morgan fingerprint density at radius 1 is 1.32 bits per heavy atom. The van der Waals surface area contributed by atoms with Crippen molar-refractivity contribution in [1.82, 2.24) is 20.2 Å². The van der Waals surface area contributed by atoms with Crippen LogP contribution in [0.1, 0.15) is 35.5 Å². The van der Waals surface area contributed by atoms with Crippen molar-refractivity contribution in [2.45, 2.75) is 39.0 Å². The molecule has 1 aliphatic carbocycles. The van der Waals surface area contributed by atoms with E-state index in [-0.39, 0.29) is 5.82 Å². The minimum atomic E-state index is -1.06. The van der Waals surface area contributed by atoms with Crippen LogP contribution in [0.4, 0.5) is 4.39 Å². The van der Waals surface area contributed by atoms with E-state index < -0.39 is 11.3 Å².